The maximum Gasteiger partial charge on any atom is 0.158 e. The van der Waals surface area contributed by atoms with Gasteiger partial charge in [-0.25, -0.2) is 14.4 Å². The van der Waals surface area contributed by atoms with Gasteiger partial charge in [0, 0.05) is 30.1 Å². The zero-order chi connectivity index (χ0) is 20.4. The summed E-state index contributed by atoms with van der Waals surface area (Å²) in [4.78, 5) is 25.5. The van der Waals surface area contributed by atoms with Crippen molar-refractivity contribution >= 4 is 5.78 Å². The average molecular weight is 391 g/mol. The molecule has 3 aromatic rings. The van der Waals surface area contributed by atoms with Crippen molar-refractivity contribution < 1.29 is 13.9 Å². The molecule has 1 fully saturated rings. The molecule has 2 heterocycles. The highest BCUT2D eigenvalue weighted by molar-refractivity contribution is 5.88. The molecule has 4 rings (SSSR count). The van der Waals surface area contributed by atoms with Gasteiger partial charge in [-0.1, -0.05) is 24.3 Å². The van der Waals surface area contributed by atoms with Gasteiger partial charge < -0.3 is 4.74 Å². The Kier molecular flexibility index (Phi) is 5.09. The van der Waals surface area contributed by atoms with E-state index in [9.17, 15) is 9.18 Å². The summed E-state index contributed by atoms with van der Waals surface area (Å²) >= 11 is 0. The van der Waals surface area contributed by atoms with E-state index in [4.69, 9.17) is 4.74 Å². The van der Waals surface area contributed by atoms with Crippen molar-refractivity contribution in [2.75, 3.05) is 6.61 Å². The summed E-state index contributed by atoms with van der Waals surface area (Å²) in [5.41, 5.74) is 1.42. The maximum absolute atomic E-state index is 14.6. The standard InChI is InChI=1S/C23H22FN3O2/c1-15-22(13-26-16(2)27-15)29-14-23(18-7-3-4-8-20(18)24)11-19(23)21(28)10-17-6-5-9-25-12-17/h3-9,12-13,19H,10-11,14H2,1-2H3. The fourth-order valence-electron chi connectivity index (χ4n) is 3.87. The Morgan fingerprint density at radius 2 is 2.03 bits per heavy atom. The maximum atomic E-state index is 14.6. The van der Waals surface area contributed by atoms with Crippen molar-refractivity contribution in [1.82, 2.24) is 15.0 Å². The number of carbonyl (C=O) groups is 1. The summed E-state index contributed by atoms with van der Waals surface area (Å²) in [5.74, 6) is 0.670. The summed E-state index contributed by atoms with van der Waals surface area (Å²) in [6, 6.07) is 10.3. The van der Waals surface area contributed by atoms with E-state index in [-0.39, 0.29) is 30.5 Å². The minimum atomic E-state index is -0.679. The van der Waals surface area contributed by atoms with Crippen LogP contribution in [0.2, 0.25) is 0 Å². The fraction of sp³-hybridized carbons (Fsp3) is 0.304. The first-order valence-electron chi connectivity index (χ1n) is 9.59. The molecule has 1 aliphatic carbocycles. The number of ketones is 1. The van der Waals surface area contributed by atoms with Gasteiger partial charge in [-0.2, -0.15) is 0 Å². The molecule has 0 amide bonds. The molecule has 5 nitrogen and oxygen atoms in total. The lowest BCUT2D eigenvalue weighted by Crippen LogP contribution is -2.25. The molecule has 0 saturated heterocycles. The van der Waals surface area contributed by atoms with Gasteiger partial charge in [-0.3, -0.25) is 9.78 Å². The Hall–Kier alpha value is -3.15. The van der Waals surface area contributed by atoms with E-state index in [1.54, 1.807) is 36.8 Å². The van der Waals surface area contributed by atoms with Crippen LogP contribution >= 0.6 is 0 Å². The Morgan fingerprint density at radius 1 is 1.21 bits per heavy atom. The highest BCUT2D eigenvalue weighted by Gasteiger charge is 2.60. The Balaban J connectivity index is 1.58. The number of Topliss-reactive ketones (excluding diaryl/α,β-unsaturated/α-hetero) is 1. The predicted molar refractivity (Wildman–Crippen MR) is 106 cm³/mol. The van der Waals surface area contributed by atoms with Crippen LogP contribution < -0.4 is 4.74 Å². The molecular weight excluding hydrogens is 369 g/mol. The average Bonchev–Trinajstić information content (AvgIpc) is 3.44. The van der Waals surface area contributed by atoms with Crippen LogP contribution in [0.5, 0.6) is 5.75 Å². The van der Waals surface area contributed by atoms with Gasteiger partial charge >= 0.3 is 0 Å². The van der Waals surface area contributed by atoms with Crippen LogP contribution in [0.1, 0.15) is 29.1 Å². The number of ether oxygens (including phenoxy) is 1. The summed E-state index contributed by atoms with van der Waals surface area (Å²) in [6.45, 7) is 3.86. The molecule has 0 bridgehead atoms. The summed E-state index contributed by atoms with van der Waals surface area (Å²) < 4.78 is 20.6. The molecule has 1 aliphatic rings. The number of hydrogen-bond acceptors (Lipinski definition) is 5. The molecule has 148 valence electrons. The van der Waals surface area contributed by atoms with Gasteiger partial charge in [0.1, 0.15) is 17.4 Å². The topological polar surface area (TPSA) is 65.0 Å². The zero-order valence-corrected chi connectivity index (χ0v) is 16.4. The van der Waals surface area contributed by atoms with E-state index in [2.05, 4.69) is 15.0 Å². The normalized spacial score (nSPS) is 20.3. The van der Waals surface area contributed by atoms with Crippen LogP contribution in [-0.4, -0.2) is 27.3 Å². The number of rotatable bonds is 7. The first-order valence-corrected chi connectivity index (χ1v) is 9.59. The number of benzene rings is 1. The van der Waals surface area contributed by atoms with Crippen molar-refractivity contribution in [2.24, 2.45) is 5.92 Å². The van der Waals surface area contributed by atoms with Crippen LogP contribution in [0.3, 0.4) is 0 Å². The SMILES string of the molecule is Cc1ncc(OCC2(c3ccccc3F)CC2C(=O)Cc2cccnc2)c(C)n1. The lowest BCUT2D eigenvalue weighted by molar-refractivity contribution is -0.120. The molecule has 6 heteroatoms. The smallest absolute Gasteiger partial charge is 0.158 e. The summed E-state index contributed by atoms with van der Waals surface area (Å²) in [7, 11) is 0. The Labute approximate surface area is 169 Å². The second kappa shape index (κ2) is 7.70. The van der Waals surface area contributed by atoms with Crippen LogP contribution in [0.4, 0.5) is 4.39 Å². The second-order valence-corrected chi connectivity index (χ2v) is 7.55. The number of aryl methyl sites for hydroxylation is 2. The van der Waals surface area contributed by atoms with E-state index < -0.39 is 5.41 Å². The third kappa shape index (κ3) is 3.88. The van der Waals surface area contributed by atoms with Gasteiger partial charge in [-0.05, 0) is 43.5 Å². The van der Waals surface area contributed by atoms with Crippen LogP contribution in [0.15, 0.2) is 55.0 Å². The molecule has 1 saturated carbocycles. The van der Waals surface area contributed by atoms with Gasteiger partial charge in [0.2, 0.25) is 0 Å². The molecule has 0 radical (unpaired) electrons. The van der Waals surface area contributed by atoms with Crippen molar-refractivity contribution in [3.05, 3.63) is 83.5 Å². The van der Waals surface area contributed by atoms with Crippen LogP contribution in [0, 0.1) is 25.6 Å². The van der Waals surface area contributed by atoms with Crippen LogP contribution in [0.25, 0.3) is 0 Å². The van der Waals surface area contributed by atoms with Crippen molar-refractivity contribution in [3.63, 3.8) is 0 Å². The number of pyridine rings is 1. The number of carbonyl (C=O) groups excluding carboxylic acids is 1. The third-order valence-electron chi connectivity index (χ3n) is 5.52. The summed E-state index contributed by atoms with van der Waals surface area (Å²) in [6.07, 6.45) is 5.82. The summed E-state index contributed by atoms with van der Waals surface area (Å²) in [5, 5.41) is 0. The molecule has 0 aliphatic heterocycles. The molecular formula is C23H22FN3O2. The first-order chi connectivity index (χ1) is 14.0. The molecule has 2 unspecified atom stereocenters. The first kappa shape index (κ1) is 19.2. The molecule has 0 spiro atoms. The second-order valence-electron chi connectivity index (χ2n) is 7.55. The third-order valence-corrected chi connectivity index (χ3v) is 5.52. The van der Waals surface area contributed by atoms with Gasteiger partial charge in [0.05, 0.1) is 18.5 Å². The Morgan fingerprint density at radius 3 is 2.76 bits per heavy atom. The fourth-order valence-corrected chi connectivity index (χ4v) is 3.87. The zero-order valence-electron chi connectivity index (χ0n) is 16.4. The lowest BCUT2D eigenvalue weighted by atomic mass is 9.91. The predicted octanol–water partition coefficient (Wildman–Crippen LogP) is 3.78. The van der Waals surface area contributed by atoms with Gasteiger partial charge in [-0.15, -0.1) is 0 Å². The van der Waals surface area contributed by atoms with Crippen molar-refractivity contribution in [1.29, 1.82) is 0 Å². The van der Waals surface area contributed by atoms with E-state index in [1.165, 1.54) is 6.07 Å². The molecule has 2 aromatic heterocycles. The quantitative estimate of drug-likeness (QED) is 0.613. The minimum absolute atomic E-state index is 0.0710. The largest absolute Gasteiger partial charge is 0.489 e. The Bertz CT molecular complexity index is 1040. The van der Waals surface area contributed by atoms with E-state index >= 15 is 0 Å². The van der Waals surface area contributed by atoms with Gasteiger partial charge in [0.15, 0.2) is 5.75 Å². The van der Waals surface area contributed by atoms with Crippen molar-refractivity contribution in [2.45, 2.75) is 32.1 Å². The molecule has 0 N–H and O–H groups in total. The monoisotopic (exact) mass is 391 g/mol. The van der Waals surface area contributed by atoms with Crippen molar-refractivity contribution in [3.8, 4) is 5.75 Å². The number of aromatic nitrogens is 3. The highest BCUT2D eigenvalue weighted by atomic mass is 19.1. The number of hydrogen-bond donors (Lipinski definition) is 0. The number of halogens is 1. The van der Waals surface area contributed by atoms with Crippen LogP contribution in [-0.2, 0) is 16.6 Å². The van der Waals surface area contributed by atoms with E-state index in [0.29, 0.717) is 23.6 Å². The minimum Gasteiger partial charge on any atom is -0.489 e. The molecule has 29 heavy (non-hydrogen) atoms. The van der Waals surface area contributed by atoms with E-state index in [1.807, 2.05) is 26.0 Å². The molecule has 1 aromatic carbocycles. The number of nitrogens with zero attached hydrogens (tertiary/aromatic N) is 3. The van der Waals surface area contributed by atoms with Gasteiger partial charge in [0.25, 0.3) is 0 Å². The molecule has 2 atom stereocenters. The lowest BCUT2D eigenvalue weighted by Gasteiger charge is -2.20. The highest BCUT2D eigenvalue weighted by Crippen LogP contribution is 2.56. The van der Waals surface area contributed by atoms with E-state index in [0.717, 1.165) is 11.3 Å².